The Kier molecular flexibility index (Phi) is 5.92. The summed E-state index contributed by atoms with van der Waals surface area (Å²) in [5.41, 5.74) is 1.67. The summed E-state index contributed by atoms with van der Waals surface area (Å²) < 4.78 is 2.62. The third-order valence-corrected chi connectivity index (χ3v) is 6.39. The molecule has 0 atom stereocenters. The minimum atomic E-state index is -0.596. The number of fused-ring (bicyclic) bond motifs is 1. The van der Waals surface area contributed by atoms with E-state index in [-0.39, 0.29) is 11.7 Å². The van der Waals surface area contributed by atoms with Gasteiger partial charge in [0.1, 0.15) is 0 Å². The van der Waals surface area contributed by atoms with Crippen molar-refractivity contribution in [2.75, 3.05) is 43.3 Å². The molecule has 9 nitrogen and oxygen atoms in total. The number of nitrogens with one attached hydrogen (secondary N) is 1. The number of aliphatic hydroxyl groups is 1. The number of hydrogen-bond acceptors (Lipinski definition) is 6. The maximum absolute atomic E-state index is 13.0. The fraction of sp³-hybridized carbons (Fsp3) is 0.458. The average Bonchev–Trinajstić information content (AvgIpc) is 3.15. The van der Waals surface area contributed by atoms with E-state index in [9.17, 15) is 15.1 Å². The van der Waals surface area contributed by atoms with Gasteiger partial charge in [-0.3, -0.25) is 14.4 Å². The summed E-state index contributed by atoms with van der Waals surface area (Å²) in [5, 5.41) is 31.5. The number of nitrogens with zero attached hydrogens (tertiary/aromatic N) is 5. The molecule has 9 heteroatoms. The Morgan fingerprint density at radius 1 is 1.21 bits per heavy atom. The number of carbonyl (C=O) groups excluding carboxylic acids is 1. The molecule has 0 spiro atoms. The van der Waals surface area contributed by atoms with Gasteiger partial charge < -0.3 is 20.5 Å². The van der Waals surface area contributed by atoms with Crippen LogP contribution in [0, 0.1) is 5.21 Å². The van der Waals surface area contributed by atoms with Crippen molar-refractivity contribution in [1.29, 1.82) is 0 Å². The Morgan fingerprint density at radius 3 is 2.55 bits per heavy atom. The van der Waals surface area contributed by atoms with E-state index < -0.39 is 11.5 Å². The molecule has 3 aromatic rings. The van der Waals surface area contributed by atoms with Gasteiger partial charge >= 0.3 is 0 Å². The van der Waals surface area contributed by atoms with Crippen LogP contribution in [0.5, 0.6) is 0 Å². The Bertz CT molecular complexity index is 1170. The summed E-state index contributed by atoms with van der Waals surface area (Å²) in [7, 11) is 7.32. The monoisotopic (exact) mass is 452 g/mol. The molecule has 1 amide bonds. The van der Waals surface area contributed by atoms with E-state index in [2.05, 4.69) is 5.32 Å². The van der Waals surface area contributed by atoms with Crippen LogP contribution in [-0.2, 0) is 0 Å². The van der Waals surface area contributed by atoms with Gasteiger partial charge in [-0.05, 0) is 56.9 Å². The van der Waals surface area contributed by atoms with Crippen molar-refractivity contribution in [3.63, 3.8) is 0 Å². The highest BCUT2D eigenvalue weighted by Crippen LogP contribution is 2.36. The molecule has 0 aliphatic heterocycles. The molecule has 1 aliphatic rings. The van der Waals surface area contributed by atoms with Crippen LogP contribution in [0.3, 0.4) is 0 Å². The normalized spacial score (nSPS) is 20.6. The third-order valence-electron chi connectivity index (χ3n) is 6.39. The smallest absolute Gasteiger partial charge is 0.296 e. The third kappa shape index (κ3) is 4.59. The summed E-state index contributed by atoms with van der Waals surface area (Å²) in [6.45, 7) is 1.89. The van der Waals surface area contributed by atoms with Gasteiger partial charge in [-0.25, -0.2) is 4.73 Å². The summed E-state index contributed by atoms with van der Waals surface area (Å²) in [5.74, 6) is -0.0864. The van der Waals surface area contributed by atoms with Gasteiger partial charge in [0, 0.05) is 31.7 Å². The number of anilines is 3. The van der Waals surface area contributed by atoms with E-state index >= 15 is 0 Å². The van der Waals surface area contributed by atoms with Crippen molar-refractivity contribution in [1.82, 2.24) is 9.78 Å². The van der Waals surface area contributed by atoms with Crippen molar-refractivity contribution in [2.24, 2.45) is 0 Å². The molecule has 0 saturated heterocycles. The molecule has 4 rings (SSSR count). The van der Waals surface area contributed by atoms with Gasteiger partial charge in [0.05, 0.1) is 42.6 Å². The Balaban J connectivity index is 1.65. The summed E-state index contributed by atoms with van der Waals surface area (Å²) in [6.07, 6.45) is 5.24. The van der Waals surface area contributed by atoms with Gasteiger partial charge in [-0.1, -0.05) is 0 Å². The predicted octanol–water partition coefficient (Wildman–Crippen LogP) is 2.92. The van der Waals surface area contributed by atoms with Crippen molar-refractivity contribution in [2.45, 2.75) is 44.2 Å². The van der Waals surface area contributed by atoms with Crippen LogP contribution < -0.4 is 19.8 Å². The van der Waals surface area contributed by atoms with Gasteiger partial charge in [0.15, 0.2) is 5.69 Å². The van der Waals surface area contributed by atoms with Crippen LogP contribution in [0.15, 0.2) is 36.5 Å². The number of benzene rings is 1. The number of hydrogen-bond donors (Lipinski definition) is 2. The van der Waals surface area contributed by atoms with Gasteiger partial charge in [-0.15, -0.1) is 0 Å². The average molecular weight is 453 g/mol. The second-order valence-electron chi connectivity index (χ2n) is 9.57. The van der Waals surface area contributed by atoms with E-state index in [1.54, 1.807) is 31.1 Å². The molecule has 0 unspecified atom stereocenters. The number of carbonyl (C=O) groups is 1. The molecular formula is C24H32N6O3. The molecule has 2 aromatic heterocycles. The van der Waals surface area contributed by atoms with E-state index in [1.165, 1.54) is 6.07 Å². The quantitative estimate of drug-likeness (QED) is 0.456. The molecular weight excluding hydrogens is 420 g/mol. The zero-order valence-corrected chi connectivity index (χ0v) is 19.9. The minimum Gasteiger partial charge on any atom is -0.710 e. The van der Waals surface area contributed by atoms with E-state index in [1.807, 2.05) is 48.9 Å². The fourth-order valence-corrected chi connectivity index (χ4v) is 4.40. The molecule has 2 N–H and O–H groups in total. The number of amides is 1. The lowest BCUT2D eigenvalue weighted by atomic mass is 9.84. The fourth-order valence-electron chi connectivity index (χ4n) is 4.40. The van der Waals surface area contributed by atoms with Crippen molar-refractivity contribution >= 4 is 34.0 Å². The topological polar surface area (TPSA) is 101 Å². The molecule has 33 heavy (non-hydrogen) atoms. The lowest BCUT2D eigenvalue weighted by Gasteiger charge is -2.33. The highest BCUT2D eigenvalue weighted by Gasteiger charge is 2.30. The summed E-state index contributed by atoms with van der Waals surface area (Å²) in [6, 6.07) is 8.96. The van der Waals surface area contributed by atoms with E-state index in [0.29, 0.717) is 16.2 Å². The first-order valence-corrected chi connectivity index (χ1v) is 11.2. The van der Waals surface area contributed by atoms with Crippen LogP contribution in [0.25, 0.3) is 10.9 Å². The van der Waals surface area contributed by atoms with Crippen LogP contribution >= 0.6 is 0 Å². The summed E-state index contributed by atoms with van der Waals surface area (Å²) in [4.78, 5) is 16.6. The molecule has 0 radical (unpaired) electrons. The van der Waals surface area contributed by atoms with E-state index in [0.717, 1.165) is 42.3 Å². The molecule has 1 aliphatic carbocycles. The maximum atomic E-state index is 13.0. The molecule has 1 aromatic carbocycles. The number of pyridine rings is 1. The van der Waals surface area contributed by atoms with Gasteiger partial charge in [-0.2, -0.15) is 5.10 Å². The zero-order valence-electron chi connectivity index (χ0n) is 19.9. The lowest BCUT2D eigenvalue weighted by Crippen LogP contribution is -2.41. The maximum Gasteiger partial charge on any atom is 0.296 e. The van der Waals surface area contributed by atoms with Crippen LogP contribution in [0.2, 0.25) is 0 Å². The van der Waals surface area contributed by atoms with Crippen LogP contribution in [-0.4, -0.2) is 54.6 Å². The standard InChI is InChI=1S/C24H32N6O3/c1-24(32)11-9-17(10-12-24)29-15-16-13-19(21(27(2)3)14-18(16)26-29)25-23(31)20-7-6-8-22(28(4)5)30(20)33/h6-8,13-15,17,32H,9-12H2,1-5H3,(H,25,31). The first-order chi connectivity index (χ1) is 15.6. The Morgan fingerprint density at radius 2 is 1.91 bits per heavy atom. The number of rotatable bonds is 5. The highest BCUT2D eigenvalue weighted by atomic mass is 16.5. The van der Waals surface area contributed by atoms with Gasteiger partial charge in [0.2, 0.25) is 0 Å². The van der Waals surface area contributed by atoms with Crippen LogP contribution in [0.4, 0.5) is 17.2 Å². The largest absolute Gasteiger partial charge is 0.710 e. The molecule has 176 valence electrons. The van der Waals surface area contributed by atoms with E-state index in [4.69, 9.17) is 5.10 Å². The first-order valence-electron chi connectivity index (χ1n) is 11.2. The molecule has 2 heterocycles. The highest BCUT2D eigenvalue weighted by molar-refractivity contribution is 6.05. The predicted molar refractivity (Wildman–Crippen MR) is 130 cm³/mol. The van der Waals surface area contributed by atoms with Crippen molar-refractivity contribution in [3.8, 4) is 0 Å². The number of aromatic nitrogens is 3. The SMILES string of the molecule is CN(C)c1cc2nn(C3CCC(C)(O)CC3)cc2cc1NC(=O)c1cccc(N(C)C)[n+]1[O-]. The molecule has 0 bridgehead atoms. The minimum absolute atomic E-state index is 0.0240. The Labute approximate surface area is 193 Å². The molecule has 1 fully saturated rings. The Hall–Kier alpha value is -3.33. The van der Waals surface area contributed by atoms with Gasteiger partial charge in [0.25, 0.3) is 11.7 Å². The second-order valence-corrected chi connectivity index (χ2v) is 9.57. The molecule has 1 saturated carbocycles. The lowest BCUT2D eigenvalue weighted by molar-refractivity contribution is -0.594. The van der Waals surface area contributed by atoms with Crippen molar-refractivity contribution in [3.05, 3.63) is 47.4 Å². The second kappa shape index (κ2) is 8.55. The zero-order chi connectivity index (χ0) is 23.9. The van der Waals surface area contributed by atoms with Crippen LogP contribution in [0.1, 0.15) is 49.1 Å². The van der Waals surface area contributed by atoms with Crippen molar-refractivity contribution < 1.29 is 14.6 Å². The first kappa shape index (κ1) is 22.8. The summed E-state index contributed by atoms with van der Waals surface area (Å²) >= 11 is 0.